The van der Waals surface area contributed by atoms with Crippen molar-refractivity contribution in [2.75, 3.05) is 11.1 Å². The van der Waals surface area contributed by atoms with Gasteiger partial charge in [-0.2, -0.15) is 13.2 Å². The van der Waals surface area contributed by atoms with Gasteiger partial charge in [-0.25, -0.2) is 0 Å². The van der Waals surface area contributed by atoms with Gasteiger partial charge >= 0.3 is 6.18 Å². The first-order chi connectivity index (χ1) is 12.6. The van der Waals surface area contributed by atoms with E-state index in [9.17, 15) is 18.3 Å². The van der Waals surface area contributed by atoms with Crippen molar-refractivity contribution in [2.24, 2.45) is 10.4 Å². The summed E-state index contributed by atoms with van der Waals surface area (Å²) >= 11 is 0. The van der Waals surface area contributed by atoms with Crippen molar-refractivity contribution in [3.8, 4) is 0 Å². The highest BCUT2D eigenvalue weighted by molar-refractivity contribution is 6.03. The first-order valence-electron chi connectivity index (χ1n) is 8.60. The number of aliphatic imine (C=N–C) groups is 1. The summed E-state index contributed by atoms with van der Waals surface area (Å²) in [5.74, 6) is 0.818. The van der Waals surface area contributed by atoms with Crippen molar-refractivity contribution in [2.45, 2.75) is 39.1 Å². The Kier molecular flexibility index (Phi) is 4.90. The molecule has 3 rings (SSSR count). The average molecular weight is 377 g/mol. The Balaban J connectivity index is 1.67. The molecule has 0 amide bonds. The lowest BCUT2D eigenvalue weighted by Crippen LogP contribution is -2.37. The van der Waals surface area contributed by atoms with Crippen LogP contribution in [-0.4, -0.2) is 17.1 Å². The largest absolute Gasteiger partial charge is 0.399 e. The Morgan fingerprint density at radius 2 is 1.81 bits per heavy atom. The third-order valence-corrected chi connectivity index (χ3v) is 4.93. The molecule has 4 nitrogen and oxygen atoms in total. The summed E-state index contributed by atoms with van der Waals surface area (Å²) in [7, 11) is 0. The maximum absolute atomic E-state index is 13.1. The zero-order valence-electron chi connectivity index (χ0n) is 15.1. The first kappa shape index (κ1) is 19.2. The number of halogens is 3. The van der Waals surface area contributed by atoms with Crippen LogP contribution in [0.5, 0.6) is 0 Å². The normalized spacial score (nSPS) is 16.9. The van der Waals surface area contributed by atoms with Crippen molar-refractivity contribution < 1.29 is 18.3 Å². The minimum absolute atomic E-state index is 0.232. The van der Waals surface area contributed by atoms with Crippen LogP contribution in [0.2, 0.25) is 0 Å². The van der Waals surface area contributed by atoms with E-state index in [4.69, 9.17) is 5.73 Å². The highest BCUT2D eigenvalue weighted by atomic mass is 19.4. The molecule has 0 aromatic heterocycles. The number of benzene rings is 2. The van der Waals surface area contributed by atoms with Crippen LogP contribution in [-0.2, 0) is 13.0 Å². The van der Waals surface area contributed by atoms with Crippen LogP contribution in [0.15, 0.2) is 47.5 Å². The monoisotopic (exact) mass is 377 g/mol. The lowest BCUT2D eigenvalue weighted by molar-refractivity contribution is -0.243. The van der Waals surface area contributed by atoms with E-state index >= 15 is 0 Å². The molecule has 1 aliphatic rings. The van der Waals surface area contributed by atoms with Gasteiger partial charge in [-0.15, -0.1) is 0 Å². The van der Waals surface area contributed by atoms with Gasteiger partial charge in [0.15, 0.2) is 0 Å². The number of nitrogens with two attached hydrogens (primary N) is 1. The fourth-order valence-electron chi connectivity index (χ4n) is 2.92. The second kappa shape index (κ2) is 6.88. The number of aliphatic hydroxyl groups is 1. The molecule has 1 aliphatic heterocycles. The molecular formula is C20H22F3N3O. The Morgan fingerprint density at radius 3 is 2.44 bits per heavy atom. The van der Waals surface area contributed by atoms with Crippen LogP contribution in [0, 0.1) is 5.41 Å². The van der Waals surface area contributed by atoms with Gasteiger partial charge in [0, 0.05) is 17.8 Å². The number of hydrogen-bond donors (Lipinski definition) is 3. The van der Waals surface area contributed by atoms with Crippen LogP contribution < -0.4 is 11.1 Å². The summed E-state index contributed by atoms with van der Waals surface area (Å²) in [5, 5.41) is 13.4. The number of aliphatic hydroxyl groups excluding tert-OH is 1. The predicted octanol–water partition coefficient (Wildman–Crippen LogP) is 4.46. The topological polar surface area (TPSA) is 70.6 Å². The van der Waals surface area contributed by atoms with E-state index in [1.54, 1.807) is 12.1 Å². The lowest BCUT2D eigenvalue weighted by Gasteiger charge is -2.32. The van der Waals surface area contributed by atoms with Gasteiger partial charge in [0.05, 0.1) is 18.1 Å². The molecule has 0 spiro atoms. The number of anilines is 2. The van der Waals surface area contributed by atoms with Gasteiger partial charge in [-0.1, -0.05) is 24.3 Å². The van der Waals surface area contributed by atoms with E-state index in [0.717, 1.165) is 36.5 Å². The Morgan fingerprint density at radius 1 is 1.15 bits per heavy atom. The summed E-state index contributed by atoms with van der Waals surface area (Å²) in [6.07, 6.45) is -5.46. The van der Waals surface area contributed by atoms with Crippen molar-refractivity contribution in [3.63, 3.8) is 0 Å². The first-order valence-corrected chi connectivity index (χ1v) is 8.60. The van der Waals surface area contributed by atoms with Crippen LogP contribution in [0.3, 0.4) is 0 Å². The number of nitrogens with zero attached hydrogens (tertiary/aromatic N) is 1. The number of fused-ring (bicyclic) bond motifs is 1. The Labute approximate surface area is 155 Å². The third-order valence-electron chi connectivity index (χ3n) is 4.93. The fourth-order valence-corrected chi connectivity index (χ4v) is 2.92. The molecule has 0 radical (unpaired) electrons. The molecule has 0 bridgehead atoms. The zero-order valence-corrected chi connectivity index (χ0v) is 15.1. The molecule has 0 saturated heterocycles. The van der Waals surface area contributed by atoms with Gasteiger partial charge in [-0.3, -0.25) is 4.99 Å². The summed E-state index contributed by atoms with van der Waals surface area (Å²) in [6.45, 7) is 2.38. The summed E-state index contributed by atoms with van der Waals surface area (Å²) in [6, 6.07) is 12.1. The minimum Gasteiger partial charge on any atom is -0.399 e. The Bertz CT molecular complexity index is 858. The van der Waals surface area contributed by atoms with Crippen molar-refractivity contribution in [3.05, 3.63) is 59.2 Å². The van der Waals surface area contributed by atoms with Gasteiger partial charge in [-0.05, 0) is 48.7 Å². The van der Waals surface area contributed by atoms with Gasteiger partial charge < -0.3 is 16.2 Å². The number of nitrogens with one attached hydrogen (secondary N) is 1. The second-order valence-electron chi connectivity index (χ2n) is 7.34. The van der Waals surface area contributed by atoms with Crippen molar-refractivity contribution in [1.29, 1.82) is 0 Å². The average Bonchev–Trinajstić information content (AvgIpc) is 3.00. The summed E-state index contributed by atoms with van der Waals surface area (Å²) in [4.78, 5) is 4.52. The molecule has 1 heterocycles. The number of nitrogen functional groups attached to an aromatic ring is 1. The summed E-state index contributed by atoms with van der Waals surface area (Å²) in [5.41, 5.74) is 7.40. The Hall–Kier alpha value is -2.54. The molecule has 0 saturated carbocycles. The van der Waals surface area contributed by atoms with E-state index in [-0.39, 0.29) is 5.56 Å². The number of rotatable bonds is 4. The maximum Gasteiger partial charge on any atom is 0.396 e. The van der Waals surface area contributed by atoms with E-state index in [1.807, 2.05) is 18.2 Å². The van der Waals surface area contributed by atoms with Gasteiger partial charge in [0.25, 0.3) is 0 Å². The SMILES string of the molecule is CC(C)(C(O)c1ccc(CN=C2Cc3cc(N)ccc3N2)cc1)C(F)(F)F. The van der Waals surface area contributed by atoms with Crippen molar-refractivity contribution >= 4 is 17.2 Å². The molecule has 0 fully saturated rings. The molecule has 2 aromatic carbocycles. The predicted molar refractivity (Wildman–Crippen MR) is 101 cm³/mol. The molecule has 7 heteroatoms. The number of amidine groups is 1. The quantitative estimate of drug-likeness (QED) is 0.689. The zero-order chi connectivity index (χ0) is 19.8. The van der Waals surface area contributed by atoms with Gasteiger partial charge in [0.1, 0.15) is 5.84 Å². The second-order valence-corrected chi connectivity index (χ2v) is 7.34. The van der Waals surface area contributed by atoms with Crippen LogP contribution in [0.25, 0.3) is 0 Å². The molecular weight excluding hydrogens is 355 g/mol. The number of alkyl halides is 3. The van der Waals surface area contributed by atoms with E-state index in [2.05, 4.69) is 10.3 Å². The molecule has 4 N–H and O–H groups in total. The maximum atomic E-state index is 13.1. The molecule has 2 aromatic rings. The smallest absolute Gasteiger partial charge is 0.396 e. The highest BCUT2D eigenvalue weighted by Crippen LogP contribution is 2.46. The van der Waals surface area contributed by atoms with E-state index < -0.39 is 17.7 Å². The highest BCUT2D eigenvalue weighted by Gasteiger charge is 2.52. The third kappa shape index (κ3) is 3.93. The molecule has 1 atom stereocenters. The van der Waals surface area contributed by atoms with Gasteiger partial charge in [0.2, 0.25) is 0 Å². The van der Waals surface area contributed by atoms with Crippen LogP contribution in [0.4, 0.5) is 24.5 Å². The van der Waals surface area contributed by atoms with Crippen molar-refractivity contribution in [1.82, 2.24) is 0 Å². The van der Waals surface area contributed by atoms with E-state index in [0.29, 0.717) is 18.7 Å². The molecule has 144 valence electrons. The minimum atomic E-state index is -4.50. The molecule has 27 heavy (non-hydrogen) atoms. The molecule has 0 aliphatic carbocycles. The molecule has 1 unspecified atom stereocenters. The van der Waals surface area contributed by atoms with Crippen LogP contribution in [0.1, 0.15) is 36.6 Å². The standard InChI is InChI=1S/C20H22F3N3O/c1-19(2,20(21,22)23)18(27)13-5-3-12(4-6-13)11-25-17-10-14-9-15(24)7-8-16(14)26-17/h3-9,18,27H,10-11,24H2,1-2H3,(H,25,26). The number of hydrogen-bond acceptors (Lipinski definition) is 3. The lowest BCUT2D eigenvalue weighted by atomic mass is 9.82. The van der Waals surface area contributed by atoms with Crippen LogP contribution >= 0.6 is 0 Å². The summed E-state index contributed by atoms with van der Waals surface area (Å²) < 4.78 is 39.3. The van der Waals surface area contributed by atoms with E-state index in [1.165, 1.54) is 12.1 Å². The fraction of sp³-hybridized carbons (Fsp3) is 0.350.